The number of esters is 1. The van der Waals surface area contributed by atoms with Crippen molar-refractivity contribution in [3.8, 4) is 0 Å². The fourth-order valence-corrected chi connectivity index (χ4v) is 8.07. The fraction of sp³-hybridized carbons (Fsp3) is 0.625. The Bertz CT molecular complexity index is 1730. The predicted molar refractivity (Wildman–Crippen MR) is 211 cm³/mol. The molecule has 304 valence electrons. The lowest BCUT2D eigenvalue weighted by Crippen LogP contribution is -2.60. The lowest BCUT2D eigenvalue weighted by Gasteiger charge is -2.41. The van der Waals surface area contributed by atoms with Crippen LogP contribution in [0.25, 0.3) is 0 Å². The maximum Gasteiger partial charge on any atom is 0.409 e. The normalized spacial score (nSPS) is 30.8. The van der Waals surface area contributed by atoms with Crippen molar-refractivity contribution in [3.05, 3.63) is 52.1 Å². The lowest BCUT2D eigenvalue weighted by atomic mass is 9.82. The molecule has 1 aromatic carbocycles. The molecule has 4 rings (SSSR count). The van der Waals surface area contributed by atoms with E-state index in [0.717, 1.165) is 16.7 Å². The van der Waals surface area contributed by atoms with Crippen molar-refractivity contribution in [2.45, 2.75) is 128 Å². The Labute approximate surface area is 333 Å². The number of fused-ring (bicyclic) bond motifs is 5. The van der Waals surface area contributed by atoms with Crippen LogP contribution in [-0.2, 0) is 39.8 Å². The van der Waals surface area contributed by atoms with E-state index >= 15 is 0 Å². The number of epoxide rings is 1. The van der Waals surface area contributed by atoms with Crippen LogP contribution >= 0.6 is 23.4 Å². The number of amides is 3. The van der Waals surface area contributed by atoms with Crippen molar-refractivity contribution in [1.82, 2.24) is 10.2 Å². The van der Waals surface area contributed by atoms with Crippen LogP contribution in [0.4, 0.5) is 10.5 Å². The minimum absolute atomic E-state index is 0.0509. The smallest absolute Gasteiger partial charge is 0.409 e. The Balaban J connectivity index is 1.65. The van der Waals surface area contributed by atoms with Gasteiger partial charge in [-0.15, -0.1) is 11.8 Å². The fourth-order valence-electron chi connectivity index (χ4n) is 7.07. The zero-order valence-corrected chi connectivity index (χ0v) is 35.0. The number of hydrogen-bond donors (Lipinski definition) is 3. The highest BCUT2D eigenvalue weighted by atomic mass is 35.5. The number of halogens is 1. The van der Waals surface area contributed by atoms with Gasteiger partial charge in [0.1, 0.15) is 29.6 Å². The maximum atomic E-state index is 14.1. The van der Waals surface area contributed by atoms with Gasteiger partial charge in [-0.3, -0.25) is 19.7 Å². The van der Waals surface area contributed by atoms with Crippen LogP contribution in [0.1, 0.15) is 85.3 Å². The Hall–Kier alpha value is -3.59. The zero-order chi connectivity index (χ0) is 41.2. The number of rotatable bonds is 9. The largest absolute Gasteiger partial charge is 0.481 e. The van der Waals surface area contributed by atoms with E-state index in [1.54, 1.807) is 20.9 Å². The quantitative estimate of drug-likeness (QED) is 0.203. The first-order valence-corrected chi connectivity index (χ1v) is 19.9. The molecule has 2 fully saturated rings. The molecule has 3 aliphatic rings. The summed E-state index contributed by atoms with van der Waals surface area (Å²) in [4.78, 5) is 67.8. The second-order valence-electron chi connectivity index (χ2n) is 16.1. The van der Waals surface area contributed by atoms with E-state index in [0.29, 0.717) is 23.6 Å². The third-order valence-corrected chi connectivity index (χ3v) is 13.1. The van der Waals surface area contributed by atoms with E-state index in [9.17, 15) is 29.1 Å². The van der Waals surface area contributed by atoms with Gasteiger partial charge in [-0.05, 0) is 57.7 Å². The number of aliphatic hydroxyl groups is 1. The predicted octanol–water partition coefficient (Wildman–Crippen LogP) is 5.81. The number of benzene rings is 1. The molecular weight excluding hydrogens is 750 g/mol. The Morgan fingerprint density at radius 1 is 1.22 bits per heavy atom. The van der Waals surface area contributed by atoms with Crippen molar-refractivity contribution in [1.29, 1.82) is 0 Å². The molecular formula is C40H56ClN3O10S. The van der Waals surface area contributed by atoms with Gasteiger partial charge in [-0.1, -0.05) is 69.2 Å². The van der Waals surface area contributed by atoms with Crippen molar-refractivity contribution in [2.75, 3.05) is 24.7 Å². The molecule has 8 unspecified atom stereocenters. The highest BCUT2D eigenvalue weighted by Crippen LogP contribution is 2.49. The number of likely N-dealkylation sites (N-methyl/N-ethyl adjacent to an activating group) is 1. The van der Waals surface area contributed by atoms with Gasteiger partial charge < -0.3 is 34.2 Å². The van der Waals surface area contributed by atoms with E-state index in [1.165, 1.54) is 35.5 Å². The molecule has 15 heteroatoms. The van der Waals surface area contributed by atoms with Gasteiger partial charge in [0.15, 0.2) is 0 Å². The molecule has 0 aromatic heterocycles. The number of carbonyl (C=O) groups is 5. The van der Waals surface area contributed by atoms with Crippen LogP contribution in [0.15, 0.2) is 35.9 Å². The third-order valence-electron chi connectivity index (χ3n) is 11.2. The first-order chi connectivity index (χ1) is 25.5. The summed E-state index contributed by atoms with van der Waals surface area (Å²) in [5.74, 6) is -3.50. The number of alkyl carbamates (subject to hydrolysis) is 1. The minimum Gasteiger partial charge on any atom is -0.481 e. The Kier molecular flexibility index (Phi) is 13.9. The molecule has 4 bridgehead atoms. The number of allylic oxidation sites excluding steroid dienone is 3. The summed E-state index contributed by atoms with van der Waals surface area (Å²) in [5.41, 5.74) is 0.373. The van der Waals surface area contributed by atoms with Gasteiger partial charge in [0.05, 0.1) is 29.0 Å². The average Bonchev–Trinajstić information content (AvgIpc) is 3.80. The monoisotopic (exact) mass is 805 g/mol. The molecule has 3 aliphatic heterocycles. The molecule has 0 aliphatic carbocycles. The van der Waals surface area contributed by atoms with Crippen molar-refractivity contribution in [2.24, 2.45) is 11.8 Å². The molecule has 3 N–H and O–H groups in total. The Morgan fingerprint density at radius 3 is 2.55 bits per heavy atom. The van der Waals surface area contributed by atoms with Crippen LogP contribution < -0.4 is 10.2 Å². The summed E-state index contributed by atoms with van der Waals surface area (Å²) >= 11 is 8.01. The summed E-state index contributed by atoms with van der Waals surface area (Å²) in [7, 11) is 3.10. The van der Waals surface area contributed by atoms with E-state index in [-0.39, 0.29) is 30.9 Å². The summed E-state index contributed by atoms with van der Waals surface area (Å²) in [5, 5.41) is 23.7. The van der Waals surface area contributed by atoms with E-state index < -0.39 is 76.2 Å². The summed E-state index contributed by atoms with van der Waals surface area (Å²) in [6, 6.07) is 2.78. The summed E-state index contributed by atoms with van der Waals surface area (Å²) in [6.07, 6.45) is 3.05. The number of thioether (sulfide) groups is 1. The number of ether oxygens (including phenoxy) is 3. The molecule has 2 saturated heterocycles. The van der Waals surface area contributed by atoms with Crippen LogP contribution in [0, 0.1) is 18.8 Å². The van der Waals surface area contributed by atoms with Gasteiger partial charge in [-0.25, -0.2) is 9.59 Å². The van der Waals surface area contributed by atoms with Gasteiger partial charge in [0.25, 0.3) is 0 Å². The lowest BCUT2D eigenvalue weighted by molar-refractivity contribution is -0.162. The third kappa shape index (κ3) is 10.6. The van der Waals surface area contributed by atoms with Crippen LogP contribution in [0.2, 0.25) is 5.02 Å². The molecule has 0 radical (unpaired) electrons. The van der Waals surface area contributed by atoms with Crippen molar-refractivity contribution in [3.63, 3.8) is 0 Å². The summed E-state index contributed by atoms with van der Waals surface area (Å²) < 4.78 is 17.6. The van der Waals surface area contributed by atoms with Gasteiger partial charge in [0, 0.05) is 43.5 Å². The molecule has 0 saturated carbocycles. The maximum absolute atomic E-state index is 14.1. The van der Waals surface area contributed by atoms with Gasteiger partial charge in [0.2, 0.25) is 11.8 Å². The number of hydrogen-bond acceptors (Lipinski definition) is 10. The van der Waals surface area contributed by atoms with Crippen molar-refractivity contribution < 1.29 is 48.4 Å². The van der Waals surface area contributed by atoms with E-state index in [1.807, 2.05) is 65.0 Å². The molecule has 13 nitrogen and oxygen atoms in total. The second kappa shape index (κ2) is 17.3. The molecule has 0 spiro atoms. The number of nitrogens with one attached hydrogen (secondary N) is 1. The number of nitrogens with zero attached hydrogens (tertiary/aromatic N) is 2. The molecule has 55 heavy (non-hydrogen) atoms. The topological polar surface area (TPSA) is 175 Å². The van der Waals surface area contributed by atoms with Crippen LogP contribution in [-0.4, -0.2) is 105 Å². The van der Waals surface area contributed by atoms with Gasteiger partial charge in [-0.2, -0.15) is 0 Å². The van der Waals surface area contributed by atoms with Crippen LogP contribution in [0.3, 0.4) is 0 Å². The molecule has 1 aromatic rings. The van der Waals surface area contributed by atoms with Crippen LogP contribution in [0.5, 0.6) is 0 Å². The number of carbonyl (C=O) groups excluding carboxylic acids is 4. The number of carboxylic acid groups (broad SMARTS) is 1. The van der Waals surface area contributed by atoms with E-state index in [2.05, 4.69) is 5.32 Å². The summed E-state index contributed by atoms with van der Waals surface area (Å²) in [6.45, 7) is 14.4. The highest BCUT2D eigenvalue weighted by Gasteiger charge is 2.64. The standard InChI is InChI=1S/C40H56ClN3O10S/c1-22-12-11-13-24(3)40(51)20-29(52-37(50)42-40)25(4)35-39(8,54-35)30(19-32(46)44(10)28-18-27(16-22)17-23(2)34(28)41)53-36(49)26(5)43(9)31(45)14-15-38(6,7)55-21-33(47)48/h11-13,17-18,24-26,29-30,35,51H,14-16,19-21H2,1-10H3,(H,42,50)(H,47,48)/b13-11+,22-12+. The van der Waals surface area contributed by atoms with E-state index in [4.69, 9.17) is 30.9 Å². The first-order valence-electron chi connectivity index (χ1n) is 18.6. The minimum atomic E-state index is -1.62. The molecule has 3 amide bonds. The highest BCUT2D eigenvalue weighted by molar-refractivity contribution is 8.01. The number of anilines is 1. The number of aliphatic carboxylic acids is 1. The number of aryl methyl sites for hydroxylation is 1. The molecule has 3 heterocycles. The van der Waals surface area contributed by atoms with Gasteiger partial charge >= 0.3 is 18.0 Å². The second-order valence-corrected chi connectivity index (χ2v) is 18.2. The van der Waals surface area contributed by atoms with Crippen molar-refractivity contribution >= 4 is 58.9 Å². The zero-order valence-electron chi connectivity index (χ0n) is 33.4. The average molecular weight is 806 g/mol. The SMILES string of the molecule is C/C1=C\C=C\C(C)C2(O)CC(OC(=O)N2)C(C)C2OC2(C)C(OC(=O)C(C)N(C)C(=O)CCC(C)(C)SCC(=O)O)CC(=O)N(C)c2cc(cc(C)c2Cl)C1. The first kappa shape index (κ1) is 44.1. The number of carboxylic acids is 1. The molecule has 8 atom stereocenters. The Morgan fingerprint density at radius 2 is 1.89 bits per heavy atom.